The predicted octanol–water partition coefficient (Wildman–Crippen LogP) is 4.56. The second-order valence-electron chi connectivity index (χ2n) is 10.5. The van der Waals surface area contributed by atoms with Gasteiger partial charge in [-0.15, -0.1) is 11.3 Å². The van der Waals surface area contributed by atoms with Crippen LogP contribution in [0.25, 0.3) is 16.8 Å². The molecular formula is C29H33N5O4S2. The van der Waals surface area contributed by atoms with Crippen molar-refractivity contribution in [3.05, 3.63) is 64.8 Å². The number of rotatable bonds is 8. The smallest absolute Gasteiger partial charge is 0.253 e. The fourth-order valence-electron chi connectivity index (χ4n) is 4.89. The first-order valence-electron chi connectivity index (χ1n) is 13.3. The number of pyridine rings is 1. The van der Waals surface area contributed by atoms with Crippen molar-refractivity contribution in [2.24, 2.45) is 0 Å². The van der Waals surface area contributed by atoms with E-state index in [-0.39, 0.29) is 17.0 Å². The molecule has 3 heterocycles. The summed E-state index contributed by atoms with van der Waals surface area (Å²) in [5, 5.41) is 7.03. The van der Waals surface area contributed by atoms with Gasteiger partial charge in [-0.05, 0) is 69.4 Å². The molecular weight excluding hydrogens is 546 g/mol. The fourth-order valence-corrected chi connectivity index (χ4v) is 6.88. The number of aryl methyl sites for hydroxylation is 2. The Bertz CT molecular complexity index is 1700. The van der Waals surface area contributed by atoms with Crippen LogP contribution in [0.3, 0.4) is 0 Å². The summed E-state index contributed by atoms with van der Waals surface area (Å²) in [6, 6.07) is 11.3. The van der Waals surface area contributed by atoms with Crippen LogP contribution in [0.2, 0.25) is 0 Å². The SMILES string of the molecule is CC(C)S(=O)(=O)c1cc(C(=O)NCC(=O)Nc2nc(-c3cccc(N(C)C)c3)cs2)cn2c3c(cc12)CCCC3. The number of aromatic nitrogens is 2. The summed E-state index contributed by atoms with van der Waals surface area (Å²) in [4.78, 5) is 32.5. The van der Waals surface area contributed by atoms with Crippen LogP contribution >= 0.6 is 11.3 Å². The van der Waals surface area contributed by atoms with E-state index in [1.54, 1.807) is 20.0 Å². The molecule has 0 spiro atoms. The van der Waals surface area contributed by atoms with Crippen molar-refractivity contribution in [2.45, 2.75) is 49.7 Å². The lowest BCUT2D eigenvalue weighted by atomic mass is 9.98. The number of carbonyl (C=O) groups excluding carboxylic acids is 2. The van der Waals surface area contributed by atoms with E-state index in [0.717, 1.165) is 53.9 Å². The van der Waals surface area contributed by atoms with Gasteiger partial charge >= 0.3 is 0 Å². The number of benzene rings is 1. The van der Waals surface area contributed by atoms with Crippen LogP contribution in [-0.4, -0.2) is 55.5 Å². The maximum atomic E-state index is 13.2. The average Bonchev–Trinajstić information content (AvgIpc) is 3.55. The highest BCUT2D eigenvalue weighted by atomic mass is 32.2. The maximum absolute atomic E-state index is 13.2. The number of nitrogens with zero attached hydrogens (tertiary/aromatic N) is 3. The molecule has 9 nitrogen and oxygen atoms in total. The highest BCUT2D eigenvalue weighted by Crippen LogP contribution is 2.31. The van der Waals surface area contributed by atoms with E-state index in [1.807, 2.05) is 59.1 Å². The third kappa shape index (κ3) is 5.48. The minimum absolute atomic E-state index is 0.141. The van der Waals surface area contributed by atoms with Gasteiger partial charge in [-0.1, -0.05) is 12.1 Å². The molecule has 0 unspecified atom stereocenters. The van der Waals surface area contributed by atoms with Crippen molar-refractivity contribution in [3.8, 4) is 11.3 Å². The van der Waals surface area contributed by atoms with E-state index in [1.165, 1.54) is 17.4 Å². The van der Waals surface area contributed by atoms with E-state index in [0.29, 0.717) is 10.6 Å². The molecule has 3 aromatic heterocycles. The summed E-state index contributed by atoms with van der Waals surface area (Å²) >= 11 is 1.30. The first-order chi connectivity index (χ1) is 19.0. The molecule has 11 heteroatoms. The molecule has 0 fully saturated rings. The Balaban J connectivity index is 1.32. The standard InChI is InChI=1S/C29H33N5O4S2/c1-18(2)40(37,38)26-14-21(16-34-24-11-6-5-8-20(24)13-25(26)34)28(36)30-15-27(35)32-29-31-23(17-39-29)19-9-7-10-22(12-19)33(3)4/h7,9-10,12-14,16-18H,5-6,8,11,15H2,1-4H3,(H,30,36)(H,31,32,35). The quantitative estimate of drug-likeness (QED) is 0.317. The molecule has 0 atom stereocenters. The molecule has 5 rings (SSSR count). The third-order valence-electron chi connectivity index (χ3n) is 7.16. The van der Waals surface area contributed by atoms with Gasteiger partial charge in [0.05, 0.1) is 33.5 Å². The van der Waals surface area contributed by atoms with Gasteiger partial charge in [0.1, 0.15) is 0 Å². The molecule has 1 aromatic carbocycles. The van der Waals surface area contributed by atoms with E-state index in [2.05, 4.69) is 15.6 Å². The Morgan fingerprint density at radius 3 is 2.65 bits per heavy atom. The minimum Gasteiger partial charge on any atom is -0.378 e. The van der Waals surface area contributed by atoms with Gasteiger partial charge in [0.25, 0.3) is 5.91 Å². The van der Waals surface area contributed by atoms with Gasteiger partial charge in [0, 0.05) is 42.6 Å². The summed E-state index contributed by atoms with van der Waals surface area (Å²) in [6.45, 7) is 2.99. The van der Waals surface area contributed by atoms with Crippen LogP contribution in [0.5, 0.6) is 0 Å². The molecule has 4 aromatic rings. The molecule has 2 amide bonds. The first-order valence-corrected chi connectivity index (χ1v) is 15.7. The Hall–Kier alpha value is -3.70. The largest absolute Gasteiger partial charge is 0.378 e. The number of amides is 2. The number of thiazole rings is 1. The molecule has 2 N–H and O–H groups in total. The number of anilines is 2. The van der Waals surface area contributed by atoms with Gasteiger partial charge < -0.3 is 19.9 Å². The monoisotopic (exact) mass is 579 g/mol. The Labute approximate surface area is 238 Å². The summed E-state index contributed by atoms with van der Waals surface area (Å²) in [6.07, 6.45) is 5.47. The molecule has 0 bridgehead atoms. The second kappa shape index (κ2) is 11.1. The molecule has 1 aliphatic carbocycles. The van der Waals surface area contributed by atoms with Gasteiger partial charge in [-0.2, -0.15) is 0 Å². The van der Waals surface area contributed by atoms with Crippen LogP contribution in [-0.2, 0) is 27.5 Å². The van der Waals surface area contributed by atoms with Gasteiger partial charge in [-0.25, -0.2) is 13.4 Å². The highest BCUT2D eigenvalue weighted by molar-refractivity contribution is 7.92. The van der Waals surface area contributed by atoms with Crippen LogP contribution in [0, 0.1) is 0 Å². The van der Waals surface area contributed by atoms with E-state index in [4.69, 9.17) is 0 Å². The zero-order valence-corrected chi connectivity index (χ0v) is 24.7. The summed E-state index contributed by atoms with van der Waals surface area (Å²) in [5.41, 5.74) is 5.69. The van der Waals surface area contributed by atoms with E-state index >= 15 is 0 Å². The molecule has 0 saturated carbocycles. The molecule has 1 aliphatic rings. The van der Waals surface area contributed by atoms with Gasteiger partial charge in [-0.3, -0.25) is 9.59 Å². The zero-order chi connectivity index (χ0) is 28.6. The molecule has 40 heavy (non-hydrogen) atoms. The van der Waals surface area contributed by atoms with Gasteiger partial charge in [0.2, 0.25) is 5.91 Å². The highest BCUT2D eigenvalue weighted by Gasteiger charge is 2.27. The number of sulfone groups is 1. The lowest BCUT2D eigenvalue weighted by Gasteiger charge is -2.15. The van der Waals surface area contributed by atoms with Crippen molar-refractivity contribution in [1.29, 1.82) is 0 Å². The Morgan fingerprint density at radius 1 is 1.12 bits per heavy atom. The molecule has 210 valence electrons. The van der Waals surface area contributed by atoms with Crippen LogP contribution in [0.1, 0.15) is 48.3 Å². The molecule has 0 saturated heterocycles. The van der Waals surface area contributed by atoms with Crippen LogP contribution in [0.4, 0.5) is 10.8 Å². The number of carbonyl (C=O) groups is 2. The lowest BCUT2D eigenvalue weighted by Crippen LogP contribution is -2.33. The van der Waals surface area contributed by atoms with Gasteiger partial charge in [0.15, 0.2) is 15.0 Å². The van der Waals surface area contributed by atoms with Crippen molar-refractivity contribution in [3.63, 3.8) is 0 Å². The predicted molar refractivity (Wildman–Crippen MR) is 159 cm³/mol. The Kier molecular flexibility index (Phi) is 7.70. The Morgan fingerprint density at radius 2 is 1.90 bits per heavy atom. The zero-order valence-electron chi connectivity index (χ0n) is 23.0. The number of nitrogens with one attached hydrogen (secondary N) is 2. The first kappa shape index (κ1) is 27.9. The lowest BCUT2D eigenvalue weighted by molar-refractivity contribution is -0.115. The summed E-state index contributed by atoms with van der Waals surface area (Å²) in [7, 11) is 0.285. The number of hydrogen-bond acceptors (Lipinski definition) is 7. The molecule has 0 aliphatic heterocycles. The summed E-state index contributed by atoms with van der Waals surface area (Å²) < 4.78 is 28.3. The normalized spacial score (nSPS) is 13.3. The minimum atomic E-state index is -3.65. The number of hydrogen-bond donors (Lipinski definition) is 2. The topological polar surface area (TPSA) is 113 Å². The second-order valence-corrected chi connectivity index (χ2v) is 13.8. The number of fused-ring (bicyclic) bond motifs is 3. The average molecular weight is 580 g/mol. The maximum Gasteiger partial charge on any atom is 0.253 e. The molecule has 0 radical (unpaired) electrons. The fraction of sp³-hybridized carbons (Fsp3) is 0.345. The summed E-state index contributed by atoms with van der Waals surface area (Å²) in [5.74, 6) is -0.943. The van der Waals surface area contributed by atoms with Crippen molar-refractivity contribution >= 4 is 49.3 Å². The van der Waals surface area contributed by atoms with Crippen molar-refractivity contribution < 1.29 is 18.0 Å². The van der Waals surface area contributed by atoms with Crippen LogP contribution in [0.15, 0.2) is 52.9 Å². The van der Waals surface area contributed by atoms with E-state index < -0.39 is 26.9 Å². The third-order valence-corrected chi connectivity index (χ3v) is 10.1. The van der Waals surface area contributed by atoms with Crippen LogP contribution < -0.4 is 15.5 Å². The van der Waals surface area contributed by atoms with E-state index in [9.17, 15) is 18.0 Å². The van der Waals surface area contributed by atoms with Crippen molar-refractivity contribution in [1.82, 2.24) is 14.7 Å². The van der Waals surface area contributed by atoms with Crippen molar-refractivity contribution in [2.75, 3.05) is 30.9 Å².